The molecule has 0 fully saturated rings. The molecular weight excluding hydrogens is 414 g/mol. The average molecular weight is 446 g/mol. The lowest BCUT2D eigenvalue weighted by molar-refractivity contribution is 0.104. The highest BCUT2D eigenvalue weighted by Crippen LogP contribution is 2.23. The molecule has 0 radical (unpaired) electrons. The predicted octanol–water partition coefficient (Wildman–Crippen LogP) is 5.36. The highest BCUT2D eigenvalue weighted by molar-refractivity contribution is 6.05. The summed E-state index contributed by atoms with van der Waals surface area (Å²) >= 11 is 0. The Balaban J connectivity index is 1.73. The van der Waals surface area contributed by atoms with Crippen LogP contribution in [-0.4, -0.2) is 47.9 Å². The average Bonchev–Trinajstić information content (AvgIpc) is 2.76. The number of rotatable bonds is 10. The molecule has 1 aromatic heterocycles. The third-order valence-corrected chi connectivity index (χ3v) is 4.70. The van der Waals surface area contributed by atoms with Crippen molar-refractivity contribution >= 4 is 28.9 Å². The van der Waals surface area contributed by atoms with Gasteiger partial charge in [0.05, 0.1) is 0 Å². The van der Waals surface area contributed by atoms with Crippen molar-refractivity contribution in [2.45, 2.75) is 20.8 Å². The van der Waals surface area contributed by atoms with Gasteiger partial charge in [-0.1, -0.05) is 23.8 Å². The number of nitrogens with zero attached hydrogens (tertiary/aromatic N) is 3. The fourth-order valence-electron chi connectivity index (χ4n) is 3.00. The number of allylic oxidation sites excluding steroid dienone is 2. The van der Waals surface area contributed by atoms with Crippen molar-refractivity contribution in [3.8, 4) is 5.75 Å². The zero-order valence-electron chi connectivity index (χ0n) is 19.8. The minimum atomic E-state index is -0.0203. The number of nitrogens with one attached hydrogen (secondary N) is 2. The van der Waals surface area contributed by atoms with Crippen molar-refractivity contribution in [2.75, 3.05) is 37.9 Å². The summed E-state index contributed by atoms with van der Waals surface area (Å²) in [5, 5.41) is 6.54. The molecule has 0 aliphatic heterocycles. The molecule has 0 aliphatic rings. The van der Waals surface area contributed by atoms with E-state index in [1.54, 1.807) is 18.3 Å². The Kier molecular flexibility index (Phi) is 8.16. The van der Waals surface area contributed by atoms with E-state index in [-0.39, 0.29) is 5.78 Å². The molecule has 1 heterocycles. The second-order valence-corrected chi connectivity index (χ2v) is 8.32. The molecule has 33 heavy (non-hydrogen) atoms. The lowest BCUT2D eigenvalue weighted by atomic mass is 10.1. The third-order valence-electron chi connectivity index (χ3n) is 4.70. The van der Waals surface area contributed by atoms with Crippen LogP contribution in [0.25, 0.3) is 0 Å². The van der Waals surface area contributed by atoms with Gasteiger partial charge in [-0.3, -0.25) is 4.79 Å². The number of ether oxygens (including phenoxy) is 1. The van der Waals surface area contributed by atoms with Gasteiger partial charge in [-0.2, -0.15) is 4.98 Å². The second kappa shape index (κ2) is 11.2. The van der Waals surface area contributed by atoms with E-state index in [4.69, 9.17) is 4.74 Å². The molecule has 0 spiro atoms. The first kappa shape index (κ1) is 23.9. The van der Waals surface area contributed by atoms with Crippen LogP contribution >= 0.6 is 0 Å². The van der Waals surface area contributed by atoms with Crippen LogP contribution in [0.2, 0.25) is 0 Å². The number of hydrogen-bond acceptors (Lipinski definition) is 7. The molecular formula is C26H31N5O2. The lowest BCUT2D eigenvalue weighted by Gasteiger charge is -2.13. The highest BCUT2D eigenvalue weighted by Gasteiger charge is 2.08. The summed E-state index contributed by atoms with van der Waals surface area (Å²) in [6.07, 6.45) is 3.39. The van der Waals surface area contributed by atoms with Crippen LogP contribution in [0.3, 0.4) is 0 Å². The number of carbonyl (C=O) groups excluding carboxylic acids is 1. The highest BCUT2D eigenvalue weighted by atomic mass is 16.5. The molecule has 7 nitrogen and oxygen atoms in total. The Morgan fingerprint density at radius 2 is 1.79 bits per heavy atom. The Morgan fingerprint density at radius 1 is 1.06 bits per heavy atom. The minimum Gasteiger partial charge on any atom is -0.492 e. The van der Waals surface area contributed by atoms with Gasteiger partial charge in [-0.15, -0.1) is 0 Å². The third kappa shape index (κ3) is 7.43. The van der Waals surface area contributed by atoms with Gasteiger partial charge in [0.25, 0.3) is 0 Å². The molecule has 172 valence electrons. The summed E-state index contributed by atoms with van der Waals surface area (Å²) < 4.78 is 5.81. The molecule has 0 saturated carbocycles. The van der Waals surface area contributed by atoms with Crippen molar-refractivity contribution in [1.82, 2.24) is 14.9 Å². The van der Waals surface area contributed by atoms with E-state index in [1.807, 2.05) is 77.3 Å². The Labute approximate surface area is 195 Å². The fourth-order valence-corrected chi connectivity index (χ4v) is 3.00. The normalized spacial score (nSPS) is 10.6. The van der Waals surface area contributed by atoms with Gasteiger partial charge in [0, 0.05) is 41.3 Å². The maximum absolute atomic E-state index is 12.4. The summed E-state index contributed by atoms with van der Waals surface area (Å²) in [5.41, 5.74) is 4.10. The number of likely N-dealkylation sites (N-methyl/N-ethyl adjacent to an activating group) is 1. The zero-order valence-corrected chi connectivity index (χ0v) is 19.8. The maximum Gasteiger partial charge on any atom is 0.229 e. The summed E-state index contributed by atoms with van der Waals surface area (Å²) in [5.74, 6) is 1.89. The molecule has 0 unspecified atom stereocenters. The monoisotopic (exact) mass is 445 g/mol. The number of benzene rings is 2. The predicted molar refractivity (Wildman–Crippen MR) is 134 cm³/mol. The smallest absolute Gasteiger partial charge is 0.229 e. The first-order valence-corrected chi connectivity index (χ1v) is 10.8. The molecule has 7 heteroatoms. The molecule has 0 saturated heterocycles. The van der Waals surface area contributed by atoms with E-state index in [2.05, 4.69) is 25.5 Å². The summed E-state index contributed by atoms with van der Waals surface area (Å²) in [7, 11) is 4.03. The van der Waals surface area contributed by atoms with E-state index >= 15 is 0 Å². The minimum absolute atomic E-state index is 0.0203. The molecule has 0 aliphatic carbocycles. The van der Waals surface area contributed by atoms with E-state index < -0.39 is 0 Å². The first-order valence-electron chi connectivity index (χ1n) is 10.8. The number of aryl methyl sites for hydroxylation is 1. The Bertz CT molecular complexity index is 1140. The van der Waals surface area contributed by atoms with Crippen LogP contribution in [0.5, 0.6) is 5.75 Å². The SMILES string of the molecule is CC(C)=CC(=O)c1cccc(Nc2nc(Nc3cccc(OCCN(C)C)c3)ncc2C)c1. The lowest BCUT2D eigenvalue weighted by Crippen LogP contribution is -2.19. The van der Waals surface area contributed by atoms with Crippen molar-refractivity contribution < 1.29 is 9.53 Å². The standard InChI is InChI=1S/C26H31N5O2/c1-18(2)14-24(32)20-8-6-9-21(15-20)28-25-19(3)17-27-26(30-25)29-22-10-7-11-23(16-22)33-13-12-31(4)5/h6-11,14-17H,12-13H2,1-5H3,(H2,27,28,29,30). The van der Waals surface area contributed by atoms with E-state index in [9.17, 15) is 4.79 Å². The second-order valence-electron chi connectivity index (χ2n) is 8.32. The van der Waals surface area contributed by atoms with Gasteiger partial charge in [-0.05, 0) is 65.2 Å². The fraction of sp³-hybridized carbons (Fsp3) is 0.269. The topological polar surface area (TPSA) is 79.4 Å². The van der Waals surface area contributed by atoms with Crippen LogP contribution in [0.15, 0.2) is 66.4 Å². The van der Waals surface area contributed by atoms with Crippen LogP contribution in [0.4, 0.5) is 23.1 Å². The molecule has 0 atom stereocenters. The van der Waals surface area contributed by atoms with Crippen LogP contribution in [0.1, 0.15) is 29.8 Å². The molecule has 0 bridgehead atoms. The quantitative estimate of drug-likeness (QED) is 0.321. The van der Waals surface area contributed by atoms with Gasteiger partial charge in [0.2, 0.25) is 5.95 Å². The summed E-state index contributed by atoms with van der Waals surface area (Å²) in [6.45, 7) is 7.20. The van der Waals surface area contributed by atoms with Gasteiger partial charge in [0.15, 0.2) is 5.78 Å². The Hall–Kier alpha value is -3.71. The van der Waals surface area contributed by atoms with Gasteiger partial charge in [-0.25, -0.2) is 4.98 Å². The van der Waals surface area contributed by atoms with E-state index in [0.29, 0.717) is 23.9 Å². The Morgan fingerprint density at radius 3 is 2.52 bits per heavy atom. The molecule has 2 aromatic carbocycles. The number of carbonyl (C=O) groups is 1. The summed E-state index contributed by atoms with van der Waals surface area (Å²) in [6, 6.07) is 15.1. The molecule has 2 N–H and O–H groups in total. The van der Waals surface area contributed by atoms with Gasteiger partial charge >= 0.3 is 0 Å². The molecule has 3 aromatic rings. The van der Waals surface area contributed by atoms with Crippen LogP contribution < -0.4 is 15.4 Å². The van der Waals surface area contributed by atoms with Gasteiger partial charge in [0.1, 0.15) is 18.2 Å². The largest absolute Gasteiger partial charge is 0.492 e. The summed E-state index contributed by atoms with van der Waals surface area (Å²) in [4.78, 5) is 23.5. The van der Waals surface area contributed by atoms with E-state index in [0.717, 1.165) is 34.8 Å². The number of ketones is 1. The van der Waals surface area contributed by atoms with Crippen LogP contribution in [0, 0.1) is 6.92 Å². The van der Waals surface area contributed by atoms with Gasteiger partial charge < -0.3 is 20.3 Å². The molecule has 0 amide bonds. The van der Waals surface area contributed by atoms with Crippen molar-refractivity contribution in [3.05, 3.63) is 77.5 Å². The number of anilines is 4. The maximum atomic E-state index is 12.4. The van der Waals surface area contributed by atoms with E-state index in [1.165, 1.54) is 0 Å². The first-order chi connectivity index (χ1) is 15.8. The number of aromatic nitrogens is 2. The molecule has 3 rings (SSSR count). The van der Waals surface area contributed by atoms with Crippen molar-refractivity contribution in [3.63, 3.8) is 0 Å². The zero-order chi connectivity index (χ0) is 23.8. The van der Waals surface area contributed by atoms with Crippen molar-refractivity contribution in [2.24, 2.45) is 0 Å². The van der Waals surface area contributed by atoms with Crippen molar-refractivity contribution in [1.29, 1.82) is 0 Å². The van der Waals surface area contributed by atoms with Crippen LogP contribution in [-0.2, 0) is 0 Å². The number of hydrogen-bond donors (Lipinski definition) is 2.